The molecule has 0 atom stereocenters. The van der Waals surface area contributed by atoms with Gasteiger partial charge in [0.05, 0.1) is 18.4 Å². The van der Waals surface area contributed by atoms with Crippen molar-refractivity contribution in [2.24, 2.45) is 0 Å². The SMILES string of the molecule is COc1ccc(CC(=O)NNC(=O)CCNS(=O)(=O)c2cc(C)ccc2C)cc1. The Morgan fingerprint density at radius 3 is 2.28 bits per heavy atom. The Bertz CT molecular complexity index is 972. The molecule has 0 fully saturated rings. The molecule has 0 bridgehead atoms. The van der Waals surface area contributed by atoms with E-state index in [9.17, 15) is 18.0 Å². The van der Waals surface area contributed by atoms with Gasteiger partial charge in [-0.15, -0.1) is 0 Å². The average molecular weight is 420 g/mol. The highest BCUT2D eigenvalue weighted by Gasteiger charge is 2.17. The molecule has 2 aromatic carbocycles. The molecular formula is C20H25N3O5S. The number of hydrazine groups is 1. The van der Waals surface area contributed by atoms with Crippen LogP contribution in [-0.4, -0.2) is 33.9 Å². The Hall–Kier alpha value is -2.91. The lowest BCUT2D eigenvalue weighted by Gasteiger charge is -2.11. The van der Waals surface area contributed by atoms with Crippen molar-refractivity contribution in [1.82, 2.24) is 15.6 Å². The molecule has 2 rings (SSSR count). The number of carbonyl (C=O) groups excluding carboxylic acids is 2. The molecule has 0 spiro atoms. The molecule has 2 aromatic rings. The van der Waals surface area contributed by atoms with Gasteiger partial charge in [-0.1, -0.05) is 24.3 Å². The van der Waals surface area contributed by atoms with Crippen LogP contribution in [0, 0.1) is 13.8 Å². The Morgan fingerprint density at radius 2 is 1.62 bits per heavy atom. The second-order valence-electron chi connectivity index (χ2n) is 6.54. The maximum Gasteiger partial charge on any atom is 0.242 e. The topological polar surface area (TPSA) is 114 Å². The van der Waals surface area contributed by atoms with Crippen molar-refractivity contribution in [2.45, 2.75) is 31.6 Å². The highest BCUT2D eigenvalue weighted by molar-refractivity contribution is 7.89. The molecular weight excluding hydrogens is 394 g/mol. The van der Waals surface area contributed by atoms with Crippen molar-refractivity contribution in [3.05, 3.63) is 59.2 Å². The summed E-state index contributed by atoms with van der Waals surface area (Å²) in [6.07, 6.45) is -0.0313. The molecule has 0 unspecified atom stereocenters. The van der Waals surface area contributed by atoms with E-state index in [-0.39, 0.29) is 30.2 Å². The molecule has 0 heterocycles. The first-order valence-corrected chi connectivity index (χ1v) is 10.5. The molecule has 0 saturated carbocycles. The van der Waals surface area contributed by atoms with Gasteiger partial charge in [-0.3, -0.25) is 20.4 Å². The predicted octanol–water partition coefficient (Wildman–Crippen LogP) is 1.37. The zero-order chi connectivity index (χ0) is 21.4. The number of hydrogen-bond donors (Lipinski definition) is 3. The second kappa shape index (κ2) is 10.0. The summed E-state index contributed by atoms with van der Waals surface area (Å²) >= 11 is 0. The van der Waals surface area contributed by atoms with Crippen molar-refractivity contribution < 1.29 is 22.7 Å². The van der Waals surface area contributed by atoms with E-state index in [1.807, 2.05) is 6.07 Å². The van der Waals surface area contributed by atoms with Gasteiger partial charge < -0.3 is 4.74 Å². The number of methoxy groups -OCH3 is 1. The Morgan fingerprint density at radius 1 is 0.966 bits per heavy atom. The van der Waals surface area contributed by atoms with E-state index in [1.165, 1.54) is 0 Å². The van der Waals surface area contributed by atoms with Crippen molar-refractivity contribution in [3.8, 4) is 5.75 Å². The molecule has 0 radical (unpaired) electrons. The Kier molecular flexibility index (Phi) is 7.74. The number of carbonyl (C=O) groups is 2. The number of rotatable bonds is 8. The van der Waals surface area contributed by atoms with Gasteiger partial charge in [0.2, 0.25) is 21.8 Å². The minimum absolute atomic E-state index is 0.0868. The average Bonchev–Trinajstić information content (AvgIpc) is 2.68. The lowest BCUT2D eigenvalue weighted by atomic mass is 10.1. The number of aryl methyl sites for hydroxylation is 2. The van der Waals surface area contributed by atoms with E-state index in [0.717, 1.165) is 11.1 Å². The second-order valence-corrected chi connectivity index (χ2v) is 8.27. The number of nitrogens with one attached hydrogen (secondary N) is 3. The number of amides is 2. The molecule has 0 aliphatic heterocycles. The van der Waals surface area contributed by atoms with Crippen LogP contribution in [0.2, 0.25) is 0 Å². The molecule has 156 valence electrons. The molecule has 0 saturated heterocycles. The van der Waals surface area contributed by atoms with E-state index >= 15 is 0 Å². The van der Waals surface area contributed by atoms with Crippen LogP contribution < -0.4 is 20.3 Å². The summed E-state index contributed by atoms with van der Waals surface area (Å²) in [6.45, 7) is 3.43. The highest BCUT2D eigenvalue weighted by Crippen LogP contribution is 2.16. The summed E-state index contributed by atoms with van der Waals surface area (Å²) in [5, 5.41) is 0. The van der Waals surface area contributed by atoms with Crippen molar-refractivity contribution in [2.75, 3.05) is 13.7 Å². The van der Waals surface area contributed by atoms with Gasteiger partial charge >= 0.3 is 0 Å². The number of hydrogen-bond acceptors (Lipinski definition) is 5. The van der Waals surface area contributed by atoms with Crippen molar-refractivity contribution >= 4 is 21.8 Å². The van der Waals surface area contributed by atoms with E-state index < -0.39 is 15.9 Å². The fraction of sp³-hybridized carbons (Fsp3) is 0.300. The van der Waals surface area contributed by atoms with Crippen LogP contribution in [0.4, 0.5) is 0 Å². The summed E-state index contributed by atoms with van der Waals surface area (Å²) in [5.41, 5.74) is 6.80. The molecule has 8 nitrogen and oxygen atoms in total. The van der Waals surface area contributed by atoms with Crippen LogP contribution in [0.3, 0.4) is 0 Å². The molecule has 29 heavy (non-hydrogen) atoms. The van der Waals surface area contributed by atoms with E-state index in [2.05, 4.69) is 15.6 Å². The van der Waals surface area contributed by atoms with Gasteiger partial charge in [-0.05, 0) is 48.7 Å². The summed E-state index contributed by atoms with van der Waals surface area (Å²) in [5.74, 6) is -0.206. The van der Waals surface area contributed by atoms with Gasteiger partial charge in [0.1, 0.15) is 5.75 Å². The molecule has 0 aromatic heterocycles. The first-order valence-electron chi connectivity index (χ1n) is 8.99. The fourth-order valence-electron chi connectivity index (χ4n) is 2.55. The first-order chi connectivity index (χ1) is 13.7. The summed E-state index contributed by atoms with van der Waals surface area (Å²) in [7, 11) is -2.16. The molecule has 0 aliphatic carbocycles. The first kappa shape index (κ1) is 22.4. The van der Waals surface area contributed by atoms with Crippen LogP contribution in [0.15, 0.2) is 47.4 Å². The normalized spacial score (nSPS) is 11.0. The zero-order valence-electron chi connectivity index (χ0n) is 16.6. The maximum absolute atomic E-state index is 12.4. The van der Waals surface area contributed by atoms with Gasteiger partial charge in [0.25, 0.3) is 0 Å². The zero-order valence-corrected chi connectivity index (χ0v) is 17.4. The minimum atomic E-state index is -3.71. The summed E-state index contributed by atoms with van der Waals surface area (Å²) in [4.78, 5) is 23.9. The smallest absolute Gasteiger partial charge is 0.242 e. The van der Waals surface area contributed by atoms with Crippen molar-refractivity contribution in [3.63, 3.8) is 0 Å². The molecule has 3 N–H and O–H groups in total. The van der Waals surface area contributed by atoms with Crippen LogP contribution in [0.25, 0.3) is 0 Å². The standard InChI is InChI=1S/C20H25N3O5S/c1-14-4-5-15(2)18(12-14)29(26,27)21-11-10-19(24)22-23-20(25)13-16-6-8-17(28-3)9-7-16/h4-9,12,21H,10-11,13H2,1-3H3,(H,22,24)(H,23,25). The Labute approximate surface area is 170 Å². The summed E-state index contributed by atoms with van der Waals surface area (Å²) < 4.78 is 32.2. The van der Waals surface area contributed by atoms with Crippen LogP contribution >= 0.6 is 0 Å². The van der Waals surface area contributed by atoms with E-state index in [4.69, 9.17) is 4.74 Å². The van der Waals surface area contributed by atoms with E-state index in [0.29, 0.717) is 11.3 Å². The predicted molar refractivity (Wildman–Crippen MR) is 109 cm³/mol. The van der Waals surface area contributed by atoms with Crippen molar-refractivity contribution in [1.29, 1.82) is 0 Å². The molecule has 9 heteroatoms. The van der Waals surface area contributed by atoms with Gasteiger partial charge in [0, 0.05) is 13.0 Å². The lowest BCUT2D eigenvalue weighted by Crippen LogP contribution is -2.43. The highest BCUT2D eigenvalue weighted by atomic mass is 32.2. The monoisotopic (exact) mass is 419 g/mol. The van der Waals surface area contributed by atoms with Gasteiger partial charge in [-0.2, -0.15) is 0 Å². The molecule has 2 amide bonds. The lowest BCUT2D eigenvalue weighted by molar-refractivity contribution is -0.128. The van der Waals surface area contributed by atoms with Crippen LogP contribution in [0.5, 0.6) is 5.75 Å². The third-order valence-corrected chi connectivity index (χ3v) is 5.75. The van der Waals surface area contributed by atoms with Gasteiger partial charge in [-0.25, -0.2) is 13.1 Å². The largest absolute Gasteiger partial charge is 0.497 e. The van der Waals surface area contributed by atoms with Gasteiger partial charge in [0.15, 0.2) is 0 Å². The van der Waals surface area contributed by atoms with Crippen LogP contribution in [0.1, 0.15) is 23.1 Å². The number of ether oxygens (including phenoxy) is 1. The number of sulfonamides is 1. The summed E-state index contributed by atoms with van der Waals surface area (Å²) in [6, 6.07) is 12.1. The van der Waals surface area contributed by atoms with E-state index in [1.54, 1.807) is 57.4 Å². The number of benzene rings is 2. The third-order valence-electron chi connectivity index (χ3n) is 4.14. The van der Waals surface area contributed by atoms with Crippen LogP contribution in [-0.2, 0) is 26.0 Å². The Balaban J connectivity index is 1.76. The fourth-order valence-corrected chi connectivity index (χ4v) is 3.91. The molecule has 0 aliphatic rings. The quantitative estimate of drug-likeness (QED) is 0.559. The minimum Gasteiger partial charge on any atom is -0.497 e. The maximum atomic E-state index is 12.4. The third kappa shape index (κ3) is 6.88.